The van der Waals surface area contributed by atoms with E-state index >= 15 is 0 Å². The number of hydrazone groups is 1. The smallest absolute Gasteiger partial charge is 0.108 e. The summed E-state index contributed by atoms with van der Waals surface area (Å²) in [6, 6.07) is 16.1. The molecule has 27 heavy (non-hydrogen) atoms. The summed E-state index contributed by atoms with van der Waals surface area (Å²) in [6.07, 6.45) is 4.08. The number of nitrogens with zero attached hydrogens (tertiary/aromatic N) is 2. The van der Waals surface area contributed by atoms with Crippen LogP contribution in [0.15, 0.2) is 58.6 Å². The third-order valence-corrected chi connectivity index (χ3v) is 4.58. The largest absolute Gasteiger partial charge is 0.375 e. The van der Waals surface area contributed by atoms with Crippen LogP contribution in [0.4, 0.5) is 0 Å². The molecule has 1 aliphatic carbocycles. The fourth-order valence-electron chi connectivity index (χ4n) is 2.83. The highest BCUT2D eigenvalue weighted by molar-refractivity contribution is 6.38. The minimum Gasteiger partial charge on any atom is -0.375 e. The topological polar surface area (TPSA) is 60.0 Å². The van der Waals surface area contributed by atoms with Crippen LogP contribution in [0.1, 0.15) is 41.2 Å². The Hall–Kier alpha value is -2.90. The number of rotatable bonds is 6. The van der Waals surface area contributed by atoms with Crippen molar-refractivity contribution in [2.24, 2.45) is 21.9 Å². The van der Waals surface area contributed by atoms with Crippen molar-refractivity contribution in [3.05, 3.63) is 70.8 Å². The number of hydrogen-bond donors (Lipinski definition) is 1. The maximum absolute atomic E-state index is 5.62. The van der Waals surface area contributed by atoms with Crippen molar-refractivity contribution in [1.82, 2.24) is 0 Å². The van der Waals surface area contributed by atoms with Crippen molar-refractivity contribution in [2.75, 3.05) is 13.7 Å². The van der Waals surface area contributed by atoms with E-state index in [0.717, 1.165) is 22.3 Å². The maximum atomic E-state index is 5.62. The second-order valence-corrected chi connectivity index (χ2v) is 6.72. The predicted octanol–water partition coefficient (Wildman–Crippen LogP) is 3.88. The lowest BCUT2D eigenvalue weighted by Gasteiger charge is -2.13. The Bertz CT molecular complexity index is 887. The van der Waals surface area contributed by atoms with Crippen LogP contribution in [-0.4, -0.2) is 25.6 Å². The number of aliphatic imine (C=N–C) groups is 1. The molecule has 2 aromatic carbocycles. The summed E-state index contributed by atoms with van der Waals surface area (Å²) < 4.78 is 5.55. The second kappa shape index (κ2) is 9.16. The standard InChI is InChI=1S/C23H25N3O/c1-17-14-19(11-10-18-8-9-18)12-13-21(17)22(26-24)15-25-16-23(27-2)20-6-4-3-5-7-20/h3-7,12-15,18,23H,8-9,16,24H2,1-2H3/b25-15?,26-22+. The number of ether oxygens (including phenoxy) is 1. The summed E-state index contributed by atoms with van der Waals surface area (Å²) in [6.45, 7) is 2.54. The van der Waals surface area contributed by atoms with E-state index < -0.39 is 0 Å². The molecule has 0 radical (unpaired) electrons. The van der Waals surface area contributed by atoms with Gasteiger partial charge in [0.15, 0.2) is 0 Å². The van der Waals surface area contributed by atoms with Crippen molar-refractivity contribution in [1.29, 1.82) is 0 Å². The summed E-state index contributed by atoms with van der Waals surface area (Å²) in [4.78, 5) is 4.51. The highest BCUT2D eigenvalue weighted by Gasteiger charge is 2.17. The Labute approximate surface area is 161 Å². The normalized spacial score (nSPS) is 15.4. The van der Waals surface area contributed by atoms with Crippen LogP contribution in [0.25, 0.3) is 0 Å². The van der Waals surface area contributed by atoms with Crippen molar-refractivity contribution in [2.45, 2.75) is 25.9 Å². The molecule has 2 aromatic rings. The van der Waals surface area contributed by atoms with Gasteiger partial charge in [-0.15, -0.1) is 0 Å². The number of aryl methyl sites for hydroxylation is 1. The predicted molar refractivity (Wildman–Crippen MR) is 111 cm³/mol. The molecule has 0 spiro atoms. The lowest BCUT2D eigenvalue weighted by atomic mass is 10.0. The summed E-state index contributed by atoms with van der Waals surface area (Å²) in [5, 5.41) is 3.92. The third-order valence-electron chi connectivity index (χ3n) is 4.58. The van der Waals surface area contributed by atoms with Gasteiger partial charge >= 0.3 is 0 Å². The first-order chi connectivity index (χ1) is 13.2. The van der Waals surface area contributed by atoms with Gasteiger partial charge < -0.3 is 10.6 Å². The molecular weight excluding hydrogens is 334 g/mol. The molecular formula is C23H25N3O. The first-order valence-corrected chi connectivity index (χ1v) is 9.19. The van der Waals surface area contributed by atoms with Crippen LogP contribution in [0.3, 0.4) is 0 Å². The van der Waals surface area contributed by atoms with Gasteiger partial charge in [0.05, 0.1) is 6.54 Å². The van der Waals surface area contributed by atoms with E-state index in [9.17, 15) is 0 Å². The van der Waals surface area contributed by atoms with E-state index in [-0.39, 0.29) is 6.10 Å². The lowest BCUT2D eigenvalue weighted by Crippen LogP contribution is -2.11. The number of hydrogen-bond acceptors (Lipinski definition) is 4. The Morgan fingerprint density at radius 1 is 1.26 bits per heavy atom. The first-order valence-electron chi connectivity index (χ1n) is 9.19. The van der Waals surface area contributed by atoms with Crippen molar-refractivity contribution in [3.8, 4) is 11.8 Å². The quantitative estimate of drug-likeness (QED) is 0.368. The average Bonchev–Trinajstić information content (AvgIpc) is 3.52. The van der Waals surface area contributed by atoms with E-state index in [4.69, 9.17) is 10.6 Å². The second-order valence-electron chi connectivity index (χ2n) is 6.72. The molecule has 1 aliphatic rings. The van der Waals surface area contributed by atoms with Crippen LogP contribution in [0.5, 0.6) is 0 Å². The molecule has 4 nitrogen and oxygen atoms in total. The van der Waals surface area contributed by atoms with Crippen molar-refractivity contribution < 1.29 is 4.74 Å². The third kappa shape index (κ3) is 5.29. The SMILES string of the molecule is COC(CN=C/C(=N\N)c1ccc(C#CC2CC2)cc1C)c1ccccc1. The van der Waals surface area contributed by atoms with Crippen LogP contribution in [-0.2, 0) is 4.74 Å². The van der Waals surface area contributed by atoms with E-state index in [1.807, 2.05) is 49.4 Å². The highest BCUT2D eigenvalue weighted by atomic mass is 16.5. The van der Waals surface area contributed by atoms with Gasteiger partial charge in [-0.25, -0.2) is 0 Å². The average molecular weight is 359 g/mol. The molecule has 2 N–H and O–H groups in total. The molecule has 0 heterocycles. The number of benzene rings is 2. The van der Waals surface area contributed by atoms with Gasteiger partial charge in [0.25, 0.3) is 0 Å². The van der Waals surface area contributed by atoms with E-state index in [0.29, 0.717) is 18.2 Å². The molecule has 0 saturated heterocycles. The molecule has 4 heteroatoms. The molecule has 0 aromatic heterocycles. The first kappa shape index (κ1) is 18.9. The van der Waals surface area contributed by atoms with Gasteiger partial charge in [0.1, 0.15) is 11.8 Å². The van der Waals surface area contributed by atoms with E-state index in [2.05, 4.69) is 28.0 Å². The fraction of sp³-hybridized carbons (Fsp3) is 0.304. The van der Waals surface area contributed by atoms with E-state index in [1.165, 1.54) is 12.8 Å². The molecule has 1 unspecified atom stereocenters. The summed E-state index contributed by atoms with van der Waals surface area (Å²) in [5.74, 6) is 12.7. The van der Waals surface area contributed by atoms with Gasteiger partial charge in [0, 0.05) is 30.4 Å². The zero-order chi connectivity index (χ0) is 19.1. The molecule has 138 valence electrons. The van der Waals surface area contributed by atoms with E-state index in [1.54, 1.807) is 13.3 Å². The fourth-order valence-corrected chi connectivity index (χ4v) is 2.83. The minimum atomic E-state index is -0.0948. The van der Waals surface area contributed by atoms with Gasteiger partial charge in [-0.1, -0.05) is 48.2 Å². The number of nitrogens with two attached hydrogens (primary N) is 1. The van der Waals surface area contributed by atoms with Gasteiger partial charge in [-0.3, -0.25) is 4.99 Å². The zero-order valence-electron chi connectivity index (χ0n) is 15.9. The summed E-state index contributed by atoms with van der Waals surface area (Å²) in [7, 11) is 1.69. The highest BCUT2D eigenvalue weighted by Crippen LogP contribution is 2.27. The zero-order valence-corrected chi connectivity index (χ0v) is 15.9. The molecule has 0 aliphatic heterocycles. The van der Waals surface area contributed by atoms with Gasteiger partial charge in [-0.05, 0) is 43.0 Å². The van der Waals surface area contributed by atoms with Crippen LogP contribution in [0.2, 0.25) is 0 Å². The Kier molecular flexibility index (Phi) is 6.40. The van der Waals surface area contributed by atoms with Gasteiger partial charge in [-0.2, -0.15) is 5.10 Å². The molecule has 1 atom stereocenters. The van der Waals surface area contributed by atoms with Crippen LogP contribution in [0, 0.1) is 24.7 Å². The molecule has 1 fully saturated rings. The Morgan fingerprint density at radius 3 is 2.67 bits per heavy atom. The van der Waals surface area contributed by atoms with Crippen LogP contribution >= 0.6 is 0 Å². The molecule has 0 bridgehead atoms. The maximum Gasteiger partial charge on any atom is 0.108 e. The monoisotopic (exact) mass is 359 g/mol. The Balaban J connectivity index is 1.69. The Morgan fingerprint density at radius 2 is 2.04 bits per heavy atom. The van der Waals surface area contributed by atoms with Crippen molar-refractivity contribution >= 4 is 11.9 Å². The molecule has 0 amide bonds. The summed E-state index contributed by atoms with van der Waals surface area (Å²) >= 11 is 0. The number of methoxy groups -OCH3 is 1. The van der Waals surface area contributed by atoms with Crippen molar-refractivity contribution in [3.63, 3.8) is 0 Å². The molecule has 1 saturated carbocycles. The summed E-state index contributed by atoms with van der Waals surface area (Å²) in [5.41, 5.74) is 4.82. The lowest BCUT2D eigenvalue weighted by molar-refractivity contribution is 0.111. The van der Waals surface area contributed by atoms with Crippen LogP contribution < -0.4 is 5.84 Å². The molecule has 3 rings (SSSR count). The van der Waals surface area contributed by atoms with Gasteiger partial charge in [0.2, 0.25) is 0 Å². The minimum absolute atomic E-state index is 0.0948.